The molecule has 0 bridgehead atoms. The van der Waals surface area contributed by atoms with Crippen LogP contribution < -0.4 is 0 Å². The Kier molecular flexibility index (Phi) is 2.69. The summed E-state index contributed by atoms with van der Waals surface area (Å²) < 4.78 is 5.12. The number of halogens is 1. The van der Waals surface area contributed by atoms with E-state index in [4.69, 9.17) is 4.74 Å². The van der Waals surface area contributed by atoms with Crippen LogP contribution >= 0.6 is 15.9 Å². The van der Waals surface area contributed by atoms with Crippen molar-refractivity contribution in [2.45, 2.75) is 0 Å². The summed E-state index contributed by atoms with van der Waals surface area (Å²) in [4.78, 5) is 5.24. The van der Waals surface area contributed by atoms with Crippen molar-refractivity contribution in [2.75, 3.05) is 32.8 Å². The fourth-order valence-electron chi connectivity index (χ4n) is 1.64. The van der Waals surface area contributed by atoms with Crippen LogP contribution in [0.4, 0.5) is 0 Å². The molecule has 0 N–H and O–H groups in total. The molecule has 0 radical (unpaired) electrons. The molecule has 2 rings (SSSR count). The van der Waals surface area contributed by atoms with Gasteiger partial charge in [0.15, 0.2) is 0 Å². The number of ether oxygens (including phenoxy) is 1. The highest BCUT2D eigenvalue weighted by Crippen LogP contribution is 2.19. The first kappa shape index (κ1) is 8.55. The molecule has 0 aromatic carbocycles. The summed E-state index contributed by atoms with van der Waals surface area (Å²) in [5.41, 5.74) is 0. The van der Waals surface area contributed by atoms with Crippen molar-refractivity contribution in [1.29, 1.82) is 0 Å². The zero-order chi connectivity index (χ0) is 8.39. The second kappa shape index (κ2) is 3.78. The van der Waals surface area contributed by atoms with Gasteiger partial charge in [0.05, 0.1) is 13.2 Å². The molecule has 66 valence electrons. The Morgan fingerprint density at radius 2 is 2.17 bits per heavy atom. The Bertz CT molecular complexity index is 210. The van der Waals surface area contributed by atoms with E-state index < -0.39 is 0 Å². The molecule has 2 fully saturated rings. The van der Waals surface area contributed by atoms with Crippen molar-refractivity contribution in [1.82, 2.24) is 4.90 Å². The van der Waals surface area contributed by atoms with Gasteiger partial charge in [-0.25, -0.2) is 0 Å². The zero-order valence-corrected chi connectivity index (χ0v) is 8.51. The maximum Gasteiger partial charge on any atom is 0.0528 e. The summed E-state index contributed by atoms with van der Waals surface area (Å²) in [6.07, 6.45) is 0. The summed E-state index contributed by atoms with van der Waals surface area (Å²) in [5, 5.41) is 0. The minimum Gasteiger partial charge on any atom is -0.381 e. The fraction of sp³-hybridized carbons (Fsp3) is 0.778. The van der Waals surface area contributed by atoms with Gasteiger partial charge in [0.1, 0.15) is 0 Å². The van der Waals surface area contributed by atoms with Gasteiger partial charge in [-0.2, -0.15) is 0 Å². The minimum absolute atomic E-state index is 0.602. The second-order valence-corrected chi connectivity index (χ2v) is 3.95. The Balaban J connectivity index is 1.63. The summed E-state index contributed by atoms with van der Waals surface area (Å²) in [6.45, 7) is 5.43. The van der Waals surface area contributed by atoms with Crippen molar-refractivity contribution in [3.8, 4) is 10.8 Å². The van der Waals surface area contributed by atoms with E-state index in [0.717, 1.165) is 32.2 Å². The smallest absolute Gasteiger partial charge is 0.0528 e. The van der Waals surface area contributed by atoms with Crippen LogP contribution in [0, 0.1) is 22.6 Å². The number of nitrogens with zero attached hydrogens (tertiary/aromatic N) is 1. The predicted molar refractivity (Wildman–Crippen MR) is 50.9 cm³/mol. The Morgan fingerprint density at radius 1 is 1.42 bits per heavy atom. The number of hydrogen-bond donors (Lipinski definition) is 0. The average molecular weight is 230 g/mol. The lowest BCUT2D eigenvalue weighted by Gasteiger charge is -2.40. The van der Waals surface area contributed by atoms with Gasteiger partial charge in [-0.05, 0) is 4.83 Å². The molecule has 2 aliphatic heterocycles. The van der Waals surface area contributed by atoms with Crippen LogP contribution in [0.15, 0.2) is 0 Å². The van der Waals surface area contributed by atoms with Gasteiger partial charge in [0.2, 0.25) is 0 Å². The van der Waals surface area contributed by atoms with Gasteiger partial charge in [-0.1, -0.05) is 5.92 Å². The van der Waals surface area contributed by atoms with E-state index in [1.54, 1.807) is 0 Å². The normalized spacial score (nSPS) is 25.4. The van der Waals surface area contributed by atoms with E-state index in [1.165, 1.54) is 6.54 Å². The molecule has 0 aromatic rings. The molecule has 2 saturated heterocycles. The molecule has 2 nitrogen and oxygen atoms in total. The first-order valence-corrected chi connectivity index (χ1v) is 5.09. The number of rotatable bonds is 2. The van der Waals surface area contributed by atoms with E-state index >= 15 is 0 Å². The lowest BCUT2D eigenvalue weighted by molar-refractivity contribution is -0.0576. The minimum atomic E-state index is 0.602. The van der Waals surface area contributed by atoms with E-state index in [9.17, 15) is 0 Å². The lowest BCUT2D eigenvalue weighted by atomic mass is 9.98. The standard InChI is InChI=1S/C9H12BrNO/c10-2-1-8-3-11(4-8)5-9-6-12-7-9/h8-9H,3-7H2. The van der Waals surface area contributed by atoms with Gasteiger partial charge < -0.3 is 9.64 Å². The average Bonchev–Trinajstić information content (AvgIpc) is 1.89. The maximum atomic E-state index is 5.12. The van der Waals surface area contributed by atoms with Gasteiger partial charge in [-0.3, -0.25) is 0 Å². The molecule has 2 aliphatic rings. The van der Waals surface area contributed by atoms with Crippen LogP contribution in [0.1, 0.15) is 0 Å². The number of likely N-dealkylation sites (tertiary alicyclic amines) is 1. The summed E-state index contributed by atoms with van der Waals surface area (Å²) in [7, 11) is 0. The van der Waals surface area contributed by atoms with Crippen LogP contribution in [0.2, 0.25) is 0 Å². The topological polar surface area (TPSA) is 12.5 Å². The molecule has 0 spiro atoms. The molecular weight excluding hydrogens is 218 g/mol. The van der Waals surface area contributed by atoms with Crippen LogP contribution in [-0.2, 0) is 4.74 Å². The van der Waals surface area contributed by atoms with Crippen LogP contribution in [0.5, 0.6) is 0 Å². The highest BCUT2D eigenvalue weighted by atomic mass is 79.9. The largest absolute Gasteiger partial charge is 0.381 e. The molecule has 2 heterocycles. The van der Waals surface area contributed by atoms with E-state index in [1.807, 2.05) is 0 Å². The third-order valence-electron chi connectivity index (χ3n) is 2.44. The molecule has 0 aliphatic carbocycles. The van der Waals surface area contributed by atoms with Crippen molar-refractivity contribution < 1.29 is 4.74 Å². The fourth-order valence-corrected chi connectivity index (χ4v) is 1.97. The van der Waals surface area contributed by atoms with E-state index in [0.29, 0.717) is 5.92 Å². The lowest BCUT2D eigenvalue weighted by Crippen LogP contribution is -2.50. The molecule has 0 atom stereocenters. The highest BCUT2D eigenvalue weighted by molar-refractivity contribution is 9.12. The second-order valence-electron chi connectivity index (χ2n) is 3.56. The summed E-state index contributed by atoms with van der Waals surface area (Å²) in [5.74, 6) is 4.51. The van der Waals surface area contributed by atoms with Crippen LogP contribution in [-0.4, -0.2) is 37.7 Å². The van der Waals surface area contributed by atoms with Crippen molar-refractivity contribution in [2.24, 2.45) is 11.8 Å². The van der Waals surface area contributed by atoms with Crippen LogP contribution in [0.3, 0.4) is 0 Å². The van der Waals surface area contributed by atoms with Crippen molar-refractivity contribution in [3.05, 3.63) is 0 Å². The van der Waals surface area contributed by atoms with E-state index in [2.05, 4.69) is 31.6 Å². The van der Waals surface area contributed by atoms with Gasteiger partial charge in [0, 0.05) is 47.4 Å². The molecule has 0 saturated carbocycles. The predicted octanol–water partition coefficient (Wildman–Crippen LogP) is 0.920. The first-order chi connectivity index (χ1) is 5.88. The van der Waals surface area contributed by atoms with Gasteiger partial charge in [0.25, 0.3) is 0 Å². The van der Waals surface area contributed by atoms with Crippen molar-refractivity contribution in [3.63, 3.8) is 0 Å². The monoisotopic (exact) mass is 229 g/mol. The molecule has 0 aromatic heterocycles. The van der Waals surface area contributed by atoms with Gasteiger partial charge in [-0.15, -0.1) is 0 Å². The molecule has 3 heteroatoms. The SMILES string of the molecule is BrC#CC1CN(CC2COC2)C1. The van der Waals surface area contributed by atoms with Crippen molar-refractivity contribution >= 4 is 15.9 Å². The van der Waals surface area contributed by atoms with E-state index in [-0.39, 0.29) is 0 Å². The molecule has 12 heavy (non-hydrogen) atoms. The third kappa shape index (κ3) is 1.82. The highest BCUT2D eigenvalue weighted by Gasteiger charge is 2.29. The van der Waals surface area contributed by atoms with Gasteiger partial charge >= 0.3 is 0 Å². The quantitative estimate of drug-likeness (QED) is 0.654. The summed E-state index contributed by atoms with van der Waals surface area (Å²) >= 11 is 3.12. The van der Waals surface area contributed by atoms with Crippen LogP contribution in [0.25, 0.3) is 0 Å². The molecule has 0 unspecified atom stereocenters. The Morgan fingerprint density at radius 3 is 2.67 bits per heavy atom. The third-order valence-corrected chi connectivity index (χ3v) is 2.67. The Labute approximate surface area is 81.4 Å². The summed E-state index contributed by atoms with van der Waals surface area (Å²) in [6, 6.07) is 0. The maximum absolute atomic E-state index is 5.12. The molecule has 0 amide bonds. The first-order valence-electron chi connectivity index (χ1n) is 4.29. The Hall–Kier alpha value is -0.0400. The number of hydrogen-bond acceptors (Lipinski definition) is 2. The zero-order valence-electron chi connectivity index (χ0n) is 6.92. The molecular formula is C9H12BrNO.